The number of nitrogens with zero attached hydrogens (tertiary/aromatic N) is 1. The molecule has 0 saturated carbocycles. The Bertz CT molecular complexity index is 740. The minimum atomic E-state index is -0.544. The molecule has 0 radical (unpaired) electrons. The summed E-state index contributed by atoms with van der Waals surface area (Å²) < 4.78 is 4.93. The van der Waals surface area contributed by atoms with Gasteiger partial charge < -0.3 is 10.1 Å². The van der Waals surface area contributed by atoms with Crippen LogP contribution in [0.15, 0.2) is 48.5 Å². The molecule has 2 aromatic carbocycles. The largest absolute Gasteiger partial charge is 0.462 e. The molecule has 1 amide bonds. The number of hydrogen-bond donors (Lipinski definition) is 1. The van der Waals surface area contributed by atoms with E-state index >= 15 is 0 Å². The molecule has 0 aliphatic carbocycles. The fourth-order valence-corrected chi connectivity index (χ4v) is 1.91. The number of para-hydroxylation sites is 1. The van der Waals surface area contributed by atoms with Crippen molar-refractivity contribution in [1.29, 1.82) is 0 Å². The van der Waals surface area contributed by atoms with Crippen molar-refractivity contribution in [2.45, 2.75) is 6.92 Å². The Hall–Kier alpha value is -3.22. The van der Waals surface area contributed by atoms with Gasteiger partial charge in [0.2, 0.25) is 0 Å². The van der Waals surface area contributed by atoms with Crippen LogP contribution in [0, 0.1) is 10.1 Å². The summed E-state index contributed by atoms with van der Waals surface area (Å²) >= 11 is 0. The van der Waals surface area contributed by atoms with E-state index in [0.29, 0.717) is 5.69 Å². The van der Waals surface area contributed by atoms with Crippen LogP contribution in [0.5, 0.6) is 0 Å². The summed E-state index contributed by atoms with van der Waals surface area (Å²) in [5, 5.41) is 13.2. The average molecular weight is 314 g/mol. The number of esters is 1. The molecule has 0 atom stereocenters. The smallest absolute Gasteiger partial charge is 0.340 e. The van der Waals surface area contributed by atoms with Gasteiger partial charge in [-0.05, 0) is 31.2 Å². The number of rotatable bonds is 5. The lowest BCUT2D eigenvalue weighted by atomic mass is 10.1. The van der Waals surface area contributed by atoms with Crippen LogP contribution in [0.2, 0.25) is 0 Å². The Balaban J connectivity index is 2.20. The van der Waals surface area contributed by atoms with Gasteiger partial charge in [0, 0.05) is 17.7 Å². The number of hydrogen-bond acceptors (Lipinski definition) is 5. The van der Waals surface area contributed by atoms with E-state index in [1.54, 1.807) is 31.2 Å². The van der Waals surface area contributed by atoms with E-state index in [2.05, 4.69) is 5.32 Å². The number of anilines is 1. The number of nitrogens with one attached hydrogen (secondary N) is 1. The monoisotopic (exact) mass is 314 g/mol. The summed E-state index contributed by atoms with van der Waals surface area (Å²) in [5.41, 5.74) is 0.696. The molecule has 0 bridgehead atoms. The molecule has 7 nitrogen and oxygen atoms in total. The zero-order chi connectivity index (χ0) is 16.8. The first-order chi connectivity index (χ1) is 11.0. The first-order valence-corrected chi connectivity index (χ1v) is 6.85. The number of carbonyl (C=O) groups excluding carboxylic acids is 2. The van der Waals surface area contributed by atoms with E-state index in [9.17, 15) is 19.7 Å². The quantitative estimate of drug-likeness (QED) is 0.519. The second-order valence-corrected chi connectivity index (χ2v) is 4.52. The lowest BCUT2D eigenvalue weighted by molar-refractivity contribution is -0.384. The third-order valence-corrected chi connectivity index (χ3v) is 3.01. The van der Waals surface area contributed by atoms with E-state index in [-0.39, 0.29) is 23.4 Å². The highest BCUT2D eigenvalue weighted by Gasteiger charge is 2.15. The maximum absolute atomic E-state index is 12.2. The zero-order valence-corrected chi connectivity index (χ0v) is 12.3. The standard InChI is InChI=1S/C16H14N2O5/c1-2-23-16(20)13-5-3-4-6-14(13)17-15(19)11-7-9-12(10-8-11)18(21)22/h3-10H,2H2,1H3,(H,17,19). The molecule has 0 aliphatic heterocycles. The summed E-state index contributed by atoms with van der Waals surface area (Å²) in [6.07, 6.45) is 0. The summed E-state index contributed by atoms with van der Waals surface area (Å²) in [7, 11) is 0. The van der Waals surface area contributed by atoms with Crippen LogP contribution in [-0.4, -0.2) is 23.4 Å². The van der Waals surface area contributed by atoms with Crippen molar-refractivity contribution in [2.75, 3.05) is 11.9 Å². The molecule has 0 aromatic heterocycles. The van der Waals surface area contributed by atoms with Crippen LogP contribution in [0.3, 0.4) is 0 Å². The fraction of sp³-hybridized carbons (Fsp3) is 0.125. The molecule has 0 aliphatic rings. The van der Waals surface area contributed by atoms with Crippen LogP contribution in [0.1, 0.15) is 27.6 Å². The Morgan fingerprint density at radius 1 is 1.13 bits per heavy atom. The molecule has 2 rings (SSSR count). The molecule has 1 N–H and O–H groups in total. The average Bonchev–Trinajstić information content (AvgIpc) is 2.55. The number of nitro groups is 1. The molecule has 7 heteroatoms. The number of carbonyl (C=O) groups is 2. The predicted molar refractivity (Wildman–Crippen MR) is 83.4 cm³/mol. The SMILES string of the molecule is CCOC(=O)c1ccccc1NC(=O)c1ccc([N+](=O)[O-])cc1. The lowest BCUT2D eigenvalue weighted by Gasteiger charge is -2.10. The van der Waals surface area contributed by atoms with Crippen molar-refractivity contribution < 1.29 is 19.2 Å². The van der Waals surface area contributed by atoms with E-state index in [4.69, 9.17) is 4.74 Å². The molecule has 23 heavy (non-hydrogen) atoms. The number of amides is 1. The summed E-state index contributed by atoms with van der Waals surface area (Å²) in [6, 6.07) is 11.6. The molecule has 0 saturated heterocycles. The molecular weight excluding hydrogens is 300 g/mol. The van der Waals surface area contributed by atoms with E-state index in [1.807, 2.05) is 0 Å². The van der Waals surface area contributed by atoms with Crippen molar-refractivity contribution in [3.63, 3.8) is 0 Å². The second-order valence-electron chi connectivity index (χ2n) is 4.52. The molecule has 0 spiro atoms. The van der Waals surface area contributed by atoms with Crippen LogP contribution >= 0.6 is 0 Å². The van der Waals surface area contributed by atoms with Crippen molar-refractivity contribution in [3.8, 4) is 0 Å². The van der Waals surface area contributed by atoms with E-state index < -0.39 is 16.8 Å². The summed E-state index contributed by atoms with van der Waals surface area (Å²) in [6.45, 7) is 1.92. The van der Waals surface area contributed by atoms with Crippen LogP contribution in [0.25, 0.3) is 0 Å². The van der Waals surface area contributed by atoms with Gasteiger partial charge in [0.1, 0.15) is 0 Å². The Labute approximate surface area is 132 Å². The highest BCUT2D eigenvalue weighted by Crippen LogP contribution is 2.18. The number of nitro benzene ring substituents is 1. The first-order valence-electron chi connectivity index (χ1n) is 6.85. The molecule has 0 heterocycles. The van der Waals surface area contributed by atoms with Gasteiger partial charge in [-0.15, -0.1) is 0 Å². The van der Waals surface area contributed by atoms with Gasteiger partial charge in [0.05, 0.1) is 22.8 Å². The Morgan fingerprint density at radius 2 is 1.78 bits per heavy atom. The zero-order valence-electron chi connectivity index (χ0n) is 12.3. The molecule has 0 unspecified atom stereocenters. The topological polar surface area (TPSA) is 98.5 Å². The lowest BCUT2D eigenvalue weighted by Crippen LogP contribution is -2.15. The van der Waals surface area contributed by atoms with Gasteiger partial charge in [0.15, 0.2) is 0 Å². The van der Waals surface area contributed by atoms with Crippen LogP contribution in [0.4, 0.5) is 11.4 Å². The fourth-order valence-electron chi connectivity index (χ4n) is 1.91. The van der Waals surface area contributed by atoms with Crippen molar-refractivity contribution in [1.82, 2.24) is 0 Å². The van der Waals surface area contributed by atoms with Crippen molar-refractivity contribution in [2.24, 2.45) is 0 Å². The molecular formula is C16H14N2O5. The van der Waals surface area contributed by atoms with E-state index in [0.717, 1.165) is 0 Å². The predicted octanol–water partition coefficient (Wildman–Crippen LogP) is 3.02. The van der Waals surface area contributed by atoms with Gasteiger partial charge >= 0.3 is 5.97 Å². The van der Waals surface area contributed by atoms with Gasteiger partial charge in [-0.3, -0.25) is 14.9 Å². The van der Waals surface area contributed by atoms with Crippen molar-refractivity contribution >= 4 is 23.3 Å². The van der Waals surface area contributed by atoms with Gasteiger partial charge in [0.25, 0.3) is 11.6 Å². The third kappa shape index (κ3) is 3.91. The minimum absolute atomic E-state index is 0.103. The maximum Gasteiger partial charge on any atom is 0.340 e. The summed E-state index contributed by atoms with van der Waals surface area (Å²) in [4.78, 5) is 34.1. The highest BCUT2D eigenvalue weighted by atomic mass is 16.6. The summed E-state index contributed by atoms with van der Waals surface area (Å²) in [5.74, 6) is -1.01. The van der Waals surface area contributed by atoms with Gasteiger partial charge in [-0.2, -0.15) is 0 Å². The molecule has 118 valence electrons. The highest BCUT2D eigenvalue weighted by molar-refractivity contribution is 6.08. The number of ether oxygens (including phenoxy) is 1. The molecule has 2 aromatic rings. The van der Waals surface area contributed by atoms with Gasteiger partial charge in [-0.1, -0.05) is 12.1 Å². The first kappa shape index (κ1) is 16.2. The normalized spacial score (nSPS) is 9.96. The third-order valence-electron chi connectivity index (χ3n) is 3.01. The van der Waals surface area contributed by atoms with Gasteiger partial charge in [-0.25, -0.2) is 4.79 Å². The maximum atomic E-state index is 12.2. The van der Waals surface area contributed by atoms with Crippen LogP contribution in [-0.2, 0) is 4.74 Å². The number of benzene rings is 2. The van der Waals surface area contributed by atoms with Crippen LogP contribution < -0.4 is 5.32 Å². The van der Waals surface area contributed by atoms with E-state index in [1.165, 1.54) is 24.3 Å². The van der Waals surface area contributed by atoms with Crippen molar-refractivity contribution in [3.05, 3.63) is 69.8 Å². The number of non-ortho nitro benzene ring substituents is 1. The minimum Gasteiger partial charge on any atom is -0.462 e. The molecule has 0 fully saturated rings. The Kier molecular flexibility index (Phi) is 5.03. The Morgan fingerprint density at radius 3 is 2.39 bits per heavy atom. The second kappa shape index (κ2) is 7.17.